The van der Waals surface area contributed by atoms with E-state index in [1.807, 2.05) is 36.5 Å². The SMILES string of the molecule is NCc1ccc(-c2cc[nH]c2-c2ccc(S(N)(=O)=O)cc2)cc1. The predicted molar refractivity (Wildman–Crippen MR) is 90.9 cm³/mol. The molecule has 0 bridgehead atoms. The molecule has 118 valence electrons. The maximum absolute atomic E-state index is 11.3. The van der Waals surface area contributed by atoms with Gasteiger partial charge in [-0.25, -0.2) is 13.6 Å². The molecule has 0 fully saturated rings. The van der Waals surface area contributed by atoms with Gasteiger partial charge in [-0.2, -0.15) is 0 Å². The molecule has 5 nitrogen and oxygen atoms in total. The molecule has 1 heterocycles. The third kappa shape index (κ3) is 3.19. The molecule has 1 aromatic heterocycles. The number of rotatable bonds is 4. The van der Waals surface area contributed by atoms with Crippen molar-refractivity contribution in [1.29, 1.82) is 0 Å². The number of nitrogens with one attached hydrogen (secondary N) is 1. The van der Waals surface area contributed by atoms with Crippen LogP contribution in [0, 0.1) is 0 Å². The zero-order valence-electron chi connectivity index (χ0n) is 12.4. The van der Waals surface area contributed by atoms with E-state index in [1.54, 1.807) is 12.1 Å². The van der Waals surface area contributed by atoms with Crippen molar-refractivity contribution in [2.75, 3.05) is 0 Å². The molecule has 0 saturated heterocycles. The minimum absolute atomic E-state index is 0.0988. The first-order chi connectivity index (χ1) is 11.0. The molecule has 2 aromatic carbocycles. The van der Waals surface area contributed by atoms with E-state index in [4.69, 9.17) is 10.9 Å². The minimum atomic E-state index is -3.68. The molecule has 23 heavy (non-hydrogen) atoms. The first kappa shape index (κ1) is 15.5. The summed E-state index contributed by atoms with van der Waals surface area (Å²) < 4.78 is 22.7. The summed E-state index contributed by atoms with van der Waals surface area (Å²) in [5, 5.41) is 5.13. The fourth-order valence-corrected chi connectivity index (χ4v) is 3.00. The van der Waals surface area contributed by atoms with Gasteiger partial charge in [-0.3, -0.25) is 0 Å². The van der Waals surface area contributed by atoms with Crippen LogP contribution in [0.5, 0.6) is 0 Å². The summed E-state index contributed by atoms with van der Waals surface area (Å²) in [6.07, 6.45) is 1.86. The lowest BCUT2D eigenvalue weighted by Gasteiger charge is -2.07. The van der Waals surface area contributed by atoms with Gasteiger partial charge in [0.15, 0.2) is 0 Å². The number of H-pyrrole nitrogens is 1. The molecule has 3 rings (SSSR count). The van der Waals surface area contributed by atoms with Crippen molar-refractivity contribution in [3.63, 3.8) is 0 Å². The fraction of sp³-hybridized carbons (Fsp3) is 0.0588. The van der Waals surface area contributed by atoms with Crippen molar-refractivity contribution in [2.45, 2.75) is 11.4 Å². The molecule has 0 amide bonds. The number of aromatic nitrogens is 1. The maximum atomic E-state index is 11.3. The third-order valence-corrected chi connectivity index (χ3v) is 4.65. The van der Waals surface area contributed by atoms with Gasteiger partial charge in [0.1, 0.15) is 0 Å². The highest BCUT2D eigenvalue weighted by atomic mass is 32.2. The highest BCUT2D eigenvalue weighted by Gasteiger charge is 2.11. The summed E-state index contributed by atoms with van der Waals surface area (Å²) >= 11 is 0. The van der Waals surface area contributed by atoms with Crippen molar-refractivity contribution >= 4 is 10.0 Å². The highest BCUT2D eigenvalue weighted by molar-refractivity contribution is 7.89. The summed E-state index contributed by atoms with van der Waals surface area (Å²) in [6.45, 7) is 0.509. The second-order valence-corrected chi connectivity index (χ2v) is 6.80. The van der Waals surface area contributed by atoms with Crippen LogP contribution in [0.4, 0.5) is 0 Å². The predicted octanol–water partition coefficient (Wildman–Crippen LogP) is 2.45. The van der Waals surface area contributed by atoms with Crippen LogP contribution in [0.15, 0.2) is 65.7 Å². The maximum Gasteiger partial charge on any atom is 0.238 e. The first-order valence-corrected chi connectivity index (χ1v) is 8.63. The van der Waals surface area contributed by atoms with Crippen LogP contribution in [0.1, 0.15) is 5.56 Å². The number of primary sulfonamides is 1. The van der Waals surface area contributed by atoms with E-state index in [2.05, 4.69) is 4.98 Å². The van der Waals surface area contributed by atoms with Gasteiger partial charge in [-0.15, -0.1) is 0 Å². The molecule has 5 N–H and O–H groups in total. The van der Waals surface area contributed by atoms with E-state index in [-0.39, 0.29) is 4.90 Å². The van der Waals surface area contributed by atoms with Gasteiger partial charge in [0, 0.05) is 18.3 Å². The number of hydrogen-bond donors (Lipinski definition) is 3. The van der Waals surface area contributed by atoms with Crippen LogP contribution in [0.2, 0.25) is 0 Å². The van der Waals surface area contributed by atoms with E-state index >= 15 is 0 Å². The minimum Gasteiger partial charge on any atom is -0.361 e. The summed E-state index contributed by atoms with van der Waals surface area (Å²) in [4.78, 5) is 3.30. The number of benzene rings is 2. The number of nitrogens with two attached hydrogens (primary N) is 2. The molecule has 0 radical (unpaired) electrons. The van der Waals surface area contributed by atoms with E-state index in [0.29, 0.717) is 6.54 Å². The third-order valence-electron chi connectivity index (χ3n) is 3.72. The number of sulfonamides is 1. The van der Waals surface area contributed by atoms with Crippen LogP contribution >= 0.6 is 0 Å². The molecule has 0 aliphatic heterocycles. The molecule has 0 atom stereocenters. The Morgan fingerprint density at radius 2 is 1.48 bits per heavy atom. The molecular formula is C17H17N3O2S. The zero-order valence-corrected chi connectivity index (χ0v) is 13.2. The smallest absolute Gasteiger partial charge is 0.238 e. The Balaban J connectivity index is 2.00. The van der Waals surface area contributed by atoms with E-state index in [0.717, 1.165) is 27.9 Å². The Hall–Kier alpha value is -2.41. The normalized spacial score (nSPS) is 11.6. The Morgan fingerprint density at radius 1 is 0.870 bits per heavy atom. The fourth-order valence-electron chi connectivity index (χ4n) is 2.48. The second-order valence-electron chi connectivity index (χ2n) is 5.24. The average molecular weight is 327 g/mol. The van der Waals surface area contributed by atoms with Gasteiger partial charge >= 0.3 is 0 Å². The van der Waals surface area contributed by atoms with Crippen molar-refractivity contribution in [3.8, 4) is 22.4 Å². The van der Waals surface area contributed by atoms with Crippen LogP contribution in [0.25, 0.3) is 22.4 Å². The standard InChI is InChI=1S/C17H17N3O2S/c18-11-12-1-3-13(4-2-12)16-9-10-20-17(16)14-5-7-15(8-6-14)23(19,21)22/h1-10,20H,11,18H2,(H2,19,21,22). The molecule has 3 aromatic rings. The molecule has 0 unspecified atom stereocenters. The Morgan fingerprint density at radius 3 is 2.04 bits per heavy atom. The Kier molecular flexibility index (Phi) is 4.04. The second kappa shape index (κ2) is 6.00. The lowest BCUT2D eigenvalue weighted by Crippen LogP contribution is -2.11. The monoisotopic (exact) mass is 327 g/mol. The van der Waals surface area contributed by atoms with Gasteiger partial charge in [-0.1, -0.05) is 36.4 Å². The summed E-state index contributed by atoms with van der Waals surface area (Å²) in [5.41, 5.74) is 10.6. The van der Waals surface area contributed by atoms with Crippen LogP contribution < -0.4 is 10.9 Å². The summed E-state index contributed by atoms with van der Waals surface area (Å²) in [5.74, 6) is 0. The molecule has 0 aliphatic carbocycles. The van der Waals surface area contributed by atoms with Gasteiger partial charge in [0.05, 0.1) is 10.6 Å². The largest absolute Gasteiger partial charge is 0.361 e. The number of aromatic amines is 1. The molecule has 6 heteroatoms. The quantitative estimate of drug-likeness (QED) is 0.686. The van der Waals surface area contributed by atoms with Gasteiger partial charge < -0.3 is 10.7 Å². The van der Waals surface area contributed by atoms with Crippen LogP contribution in [0.3, 0.4) is 0 Å². The van der Waals surface area contributed by atoms with Crippen molar-refractivity contribution < 1.29 is 8.42 Å². The van der Waals surface area contributed by atoms with E-state index < -0.39 is 10.0 Å². The van der Waals surface area contributed by atoms with E-state index in [1.165, 1.54) is 12.1 Å². The highest BCUT2D eigenvalue weighted by Crippen LogP contribution is 2.31. The Bertz CT molecular complexity index is 911. The lowest BCUT2D eigenvalue weighted by molar-refractivity contribution is 0.598. The summed E-state index contributed by atoms with van der Waals surface area (Å²) in [7, 11) is -3.68. The summed E-state index contributed by atoms with van der Waals surface area (Å²) in [6, 6.07) is 16.5. The van der Waals surface area contributed by atoms with Crippen molar-refractivity contribution in [3.05, 3.63) is 66.4 Å². The topological polar surface area (TPSA) is 102 Å². The van der Waals surface area contributed by atoms with Crippen molar-refractivity contribution in [1.82, 2.24) is 4.98 Å². The van der Waals surface area contributed by atoms with Gasteiger partial charge in [-0.05, 0) is 34.9 Å². The van der Waals surface area contributed by atoms with Crippen LogP contribution in [-0.2, 0) is 16.6 Å². The number of hydrogen-bond acceptors (Lipinski definition) is 3. The van der Waals surface area contributed by atoms with Crippen molar-refractivity contribution in [2.24, 2.45) is 10.9 Å². The van der Waals surface area contributed by atoms with Gasteiger partial charge in [0.25, 0.3) is 0 Å². The van der Waals surface area contributed by atoms with E-state index in [9.17, 15) is 8.42 Å². The average Bonchev–Trinajstić information content (AvgIpc) is 3.04. The van der Waals surface area contributed by atoms with Crippen LogP contribution in [-0.4, -0.2) is 13.4 Å². The molecule has 0 spiro atoms. The molecular weight excluding hydrogens is 310 g/mol. The Labute approximate surface area is 135 Å². The molecule has 0 aliphatic rings. The molecule has 0 saturated carbocycles. The lowest BCUT2D eigenvalue weighted by atomic mass is 10.0. The van der Waals surface area contributed by atoms with Gasteiger partial charge in [0.2, 0.25) is 10.0 Å². The first-order valence-electron chi connectivity index (χ1n) is 7.09. The zero-order chi connectivity index (χ0) is 16.4.